The third-order valence-electron chi connectivity index (χ3n) is 3.46. The van der Waals surface area contributed by atoms with Crippen molar-refractivity contribution in [2.45, 2.75) is 65.7 Å². The molecular weight excluding hydrogens is 180 g/mol. The minimum absolute atomic E-state index is 0. The molecule has 0 atom stereocenters. The van der Waals surface area contributed by atoms with E-state index in [4.69, 9.17) is 0 Å². The average Bonchev–Trinajstić information content (AvgIpc) is 2.25. The van der Waals surface area contributed by atoms with Gasteiger partial charge in [0.1, 0.15) is 0 Å². The zero-order chi connectivity index (χ0) is 11.1. The van der Waals surface area contributed by atoms with Crippen LogP contribution < -0.4 is 0 Å². The van der Waals surface area contributed by atoms with Crippen LogP contribution in [-0.2, 0) is 0 Å². The largest absolute Gasteiger partial charge is 0.0730 e. The maximum absolute atomic E-state index is 2.36. The first-order valence-electron chi connectivity index (χ1n) is 6.51. The van der Waals surface area contributed by atoms with Crippen molar-refractivity contribution >= 4 is 0 Å². The molecule has 0 aliphatic heterocycles. The first-order valence-corrected chi connectivity index (χ1v) is 6.51. The van der Waals surface area contributed by atoms with Crippen molar-refractivity contribution < 1.29 is 1.43 Å². The van der Waals surface area contributed by atoms with Crippen LogP contribution in [0.3, 0.4) is 0 Å². The molecule has 0 amide bonds. The van der Waals surface area contributed by atoms with E-state index in [1.807, 2.05) is 0 Å². The molecule has 88 valence electrons. The van der Waals surface area contributed by atoms with Gasteiger partial charge in [0, 0.05) is 1.43 Å². The van der Waals surface area contributed by atoms with E-state index in [-0.39, 0.29) is 1.43 Å². The first kappa shape index (κ1) is 12.5. The van der Waals surface area contributed by atoms with E-state index in [0.717, 1.165) is 5.92 Å². The Hall–Kier alpha value is -0.520. The maximum Gasteiger partial charge on any atom is 0 e. The van der Waals surface area contributed by atoms with Gasteiger partial charge in [0.05, 0.1) is 0 Å². The van der Waals surface area contributed by atoms with Crippen molar-refractivity contribution in [3.05, 3.63) is 23.3 Å². The zero-order valence-electron chi connectivity index (χ0n) is 10.7. The Labute approximate surface area is 96.9 Å². The second-order valence-electron chi connectivity index (χ2n) is 5.27. The second-order valence-corrected chi connectivity index (χ2v) is 5.27. The molecular formula is C15H28. The molecule has 0 radical (unpaired) electrons. The fourth-order valence-corrected chi connectivity index (χ4v) is 2.15. The highest BCUT2D eigenvalue weighted by Crippen LogP contribution is 2.22. The highest BCUT2D eigenvalue weighted by atomic mass is 14.1. The van der Waals surface area contributed by atoms with E-state index in [1.165, 1.54) is 56.1 Å². The summed E-state index contributed by atoms with van der Waals surface area (Å²) in [5, 5.41) is 0. The van der Waals surface area contributed by atoms with E-state index in [0.29, 0.717) is 0 Å². The lowest BCUT2D eigenvalue weighted by Crippen LogP contribution is -1.99. The number of rotatable bonds is 0. The fraction of sp³-hybridized carbons (Fsp3) is 0.733. The normalized spacial score (nSPS) is 22.3. The van der Waals surface area contributed by atoms with Gasteiger partial charge in [-0.05, 0) is 32.6 Å². The molecule has 2 aliphatic rings. The topological polar surface area (TPSA) is 0 Å². The summed E-state index contributed by atoms with van der Waals surface area (Å²) < 4.78 is 0. The van der Waals surface area contributed by atoms with Crippen LogP contribution in [0.1, 0.15) is 67.1 Å². The Morgan fingerprint density at radius 3 is 1.67 bits per heavy atom. The van der Waals surface area contributed by atoms with Crippen LogP contribution in [0.25, 0.3) is 0 Å². The van der Waals surface area contributed by atoms with Gasteiger partial charge in [0.15, 0.2) is 0 Å². The Morgan fingerprint density at radius 2 is 1.40 bits per heavy atom. The Bertz CT molecular complexity index is 214. The van der Waals surface area contributed by atoms with Crippen molar-refractivity contribution in [3.8, 4) is 0 Å². The Balaban J connectivity index is 0.000000267. The van der Waals surface area contributed by atoms with Gasteiger partial charge in [0.25, 0.3) is 0 Å². The van der Waals surface area contributed by atoms with Crippen LogP contribution in [0.2, 0.25) is 0 Å². The van der Waals surface area contributed by atoms with Crippen molar-refractivity contribution in [2.24, 2.45) is 5.92 Å². The number of hydrogen-bond donors (Lipinski definition) is 0. The van der Waals surface area contributed by atoms with Crippen LogP contribution in [0.4, 0.5) is 0 Å². The standard InChI is InChI=1S/C8H12.C7H14.H2/c1-7-3-5-8(2)6-4-7;1-7-5-3-2-4-6-7;/h3,5H,4,6H2,1-2H3;7H,2-6H2,1H3;1H. The average molecular weight is 208 g/mol. The quantitative estimate of drug-likeness (QED) is 0.492. The molecule has 0 heterocycles. The first-order chi connectivity index (χ1) is 7.18. The zero-order valence-corrected chi connectivity index (χ0v) is 10.7. The van der Waals surface area contributed by atoms with Gasteiger partial charge in [-0.25, -0.2) is 0 Å². The smallest absolute Gasteiger partial charge is 0 e. The summed E-state index contributed by atoms with van der Waals surface area (Å²) in [4.78, 5) is 0. The molecule has 2 aliphatic carbocycles. The highest BCUT2D eigenvalue weighted by molar-refractivity contribution is 5.20. The van der Waals surface area contributed by atoms with Gasteiger partial charge in [-0.15, -0.1) is 0 Å². The van der Waals surface area contributed by atoms with Gasteiger partial charge < -0.3 is 0 Å². The van der Waals surface area contributed by atoms with Gasteiger partial charge in [-0.2, -0.15) is 0 Å². The second kappa shape index (κ2) is 6.87. The summed E-state index contributed by atoms with van der Waals surface area (Å²) in [5.74, 6) is 1.04. The van der Waals surface area contributed by atoms with E-state index in [1.54, 1.807) is 0 Å². The molecule has 15 heavy (non-hydrogen) atoms. The minimum atomic E-state index is 0. The van der Waals surface area contributed by atoms with Crippen LogP contribution in [0.5, 0.6) is 0 Å². The van der Waals surface area contributed by atoms with Gasteiger partial charge in [-0.1, -0.05) is 62.3 Å². The van der Waals surface area contributed by atoms with Crippen LogP contribution >= 0.6 is 0 Å². The van der Waals surface area contributed by atoms with E-state index in [2.05, 4.69) is 32.9 Å². The summed E-state index contributed by atoms with van der Waals surface area (Å²) in [5.41, 5.74) is 3.02. The van der Waals surface area contributed by atoms with Crippen molar-refractivity contribution in [1.29, 1.82) is 0 Å². The molecule has 0 unspecified atom stereocenters. The van der Waals surface area contributed by atoms with Gasteiger partial charge >= 0.3 is 0 Å². The third kappa shape index (κ3) is 5.81. The predicted molar refractivity (Wildman–Crippen MR) is 71.1 cm³/mol. The fourth-order valence-electron chi connectivity index (χ4n) is 2.15. The monoisotopic (exact) mass is 208 g/mol. The van der Waals surface area contributed by atoms with Gasteiger partial charge in [0.2, 0.25) is 0 Å². The molecule has 0 aromatic rings. The summed E-state index contributed by atoms with van der Waals surface area (Å²) in [6.07, 6.45) is 14.4. The molecule has 0 saturated heterocycles. The lowest BCUT2D eigenvalue weighted by molar-refractivity contribution is 0.385. The molecule has 1 saturated carbocycles. The Kier molecular flexibility index (Phi) is 5.75. The summed E-state index contributed by atoms with van der Waals surface area (Å²) in [6.45, 7) is 6.73. The summed E-state index contributed by atoms with van der Waals surface area (Å²) in [6, 6.07) is 0. The molecule has 2 rings (SSSR count). The molecule has 0 spiro atoms. The van der Waals surface area contributed by atoms with Crippen molar-refractivity contribution in [3.63, 3.8) is 0 Å². The summed E-state index contributed by atoms with van der Waals surface area (Å²) >= 11 is 0. The van der Waals surface area contributed by atoms with E-state index < -0.39 is 0 Å². The molecule has 0 bridgehead atoms. The molecule has 0 aromatic heterocycles. The molecule has 0 N–H and O–H groups in total. The molecule has 0 heteroatoms. The lowest BCUT2D eigenvalue weighted by atomic mass is 9.91. The number of hydrogen-bond acceptors (Lipinski definition) is 0. The SMILES string of the molecule is CC1=CC=C(C)CC1.CC1CCCCC1.[HH]. The van der Waals surface area contributed by atoms with Crippen LogP contribution in [0.15, 0.2) is 23.3 Å². The summed E-state index contributed by atoms with van der Waals surface area (Å²) in [7, 11) is 0. The Morgan fingerprint density at radius 1 is 0.933 bits per heavy atom. The minimum Gasteiger partial charge on any atom is -0.0730 e. The third-order valence-corrected chi connectivity index (χ3v) is 3.46. The van der Waals surface area contributed by atoms with Crippen LogP contribution in [0, 0.1) is 5.92 Å². The molecule has 0 nitrogen and oxygen atoms in total. The van der Waals surface area contributed by atoms with Crippen molar-refractivity contribution in [2.75, 3.05) is 0 Å². The van der Waals surface area contributed by atoms with Gasteiger partial charge in [-0.3, -0.25) is 0 Å². The van der Waals surface area contributed by atoms with Crippen molar-refractivity contribution in [1.82, 2.24) is 0 Å². The lowest BCUT2D eigenvalue weighted by Gasteiger charge is -2.15. The highest BCUT2D eigenvalue weighted by Gasteiger charge is 2.05. The van der Waals surface area contributed by atoms with E-state index in [9.17, 15) is 0 Å². The van der Waals surface area contributed by atoms with E-state index >= 15 is 0 Å². The molecule has 1 fully saturated rings. The maximum atomic E-state index is 2.36. The number of allylic oxidation sites excluding steroid dienone is 4. The van der Waals surface area contributed by atoms with Crippen LogP contribution in [-0.4, -0.2) is 0 Å². The predicted octanol–water partition coefficient (Wildman–Crippen LogP) is 5.51. The molecule has 0 aromatic carbocycles.